The molecule has 2 N–H and O–H groups in total. The van der Waals surface area contributed by atoms with Crippen LogP contribution in [0.3, 0.4) is 0 Å². The van der Waals surface area contributed by atoms with Crippen molar-refractivity contribution >= 4 is 27.5 Å². The van der Waals surface area contributed by atoms with Crippen LogP contribution >= 0.6 is 27.5 Å². The Hall–Kier alpha value is -0.910. The topological polar surface area (TPSA) is 64.9 Å². The quantitative estimate of drug-likeness (QED) is 0.910. The van der Waals surface area contributed by atoms with E-state index in [1.165, 1.54) is 0 Å². The van der Waals surface area contributed by atoms with Gasteiger partial charge in [-0.2, -0.15) is 4.98 Å². The van der Waals surface area contributed by atoms with E-state index in [1.54, 1.807) is 6.07 Å². The van der Waals surface area contributed by atoms with Gasteiger partial charge in [-0.05, 0) is 47.5 Å². The van der Waals surface area contributed by atoms with Crippen LogP contribution in [0.4, 0.5) is 0 Å². The Kier molecular flexibility index (Phi) is 4.60. The van der Waals surface area contributed by atoms with Gasteiger partial charge in [0.15, 0.2) is 0 Å². The molecule has 102 valence electrons. The first-order chi connectivity index (χ1) is 9.02. The van der Waals surface area contributed by atoms with Gasteiger partial charge in [0.25, 0.3) is 0 Å². The minimum absolute atomic E-state index is 0.0183. The molecule has 0 fully saturated rings. The Bertz CT molecular complexity index is 571. The highest BCUT2D eigenvalue weighted by Gasteiger charge is 2.21. The maximum Gasteiger partial charge on any atom is 0.231 e. The Morgan fingerprint density at radius 1 is 1.47 bits per heavy atom. The second-order valence-electron chi connectivity index (χ2n) is 4.46. The van der Waals surface area contributed by atoms with Crippen molar-refractivity contribution in [2.24, 2.45) is 5.73 Å². The van der Waals surface area contributed by atoms with Crippen molar-refractivity contribution in [2.75, 3.05) is 0 Å². The van der Waals surface area contributed by atoms with E-state index in [4.69, 9.17) is 21.9 Å². The Balaban J connectivity index is 2.32. The predicted molar refractivity (Wildman–Crippen MR) is 79.1 cm³/mol. The molecule has 0 bridgehead atoms. The Morgan fingerprint density at radius 3 is 2.79 bits per heavy atom. The van der Waals surface area contributed by atoms with E-state index in [0.29, 0.717) is 16.7 Å². The van der Waals surface area contributed by atoms with Crippen LogP contribution in [0.1, 0.15) is 32.1 Å². The van der Waals surface area contributed by atoms with Crippen molar-refractivity contribution in [3.63, 3.8) is 0 Å². The highest BCUT2D eigenvalue weighted by atomic mass is 79.9. The Morgan fingerprint density at radius 2 is 2.21 bits per heavy atom. The third-order valence-electron chi connectivity index (χ3n) is 3.01. The number of benzene rings is 1. The standard InChI is InChI=1S/C13H15BrClN3O/c1-3-9(7(2)16)13-17-12(18-19-13)8-4-5-11(15)10(14)6-8/h4-7,9H,3,16H2,1-2H3. The second-order valence-corrected chi connectivity index (χ2v) is 5.72. The van der Waals surface area contributed by atoms with Gasteiger partial charge in [0.2, 0.25) is 11.7 Å². The van der Waals surface area contributed by atoms with Gasteiger partial charge >= 0.3 is 0 Å². The fourth-order valence-corrected chi connectivity index (χ4v) is 2.41. The fraction of sp³-hybridized carbons (Fsp3) is 0.385. The number of nitrogens with two attached hydrogens (primary N) is 1. The maximum atomic E-state index is 5.96. The molecule has 1 aromatic carbocycles. The summed E-state index contributed by atoms with van der Waals surface area (Å²) < 4.78 is 6.12. The average molecular weight is 345 g/mol. The van der Waals surface area contributed by atoms with E-state index in [1.807, 2.05) is 19.1 Å². The smallest absolute Gasteiger partial charge is 0.231 e. The molecule has 2 unspecified atom stereocenters. The van der Waals surface area contributed by atoms with Crippen LogP contribution in [0.2, 0.25) is 5.02 Å². The van der Waals surface area contributed by atoms with Crippen LogP contribution in [0.25, 0.3) is 11.4 Å². The monoisotopic (exact) mass is 343 g/mol. The highest BCUT2D eigenvalue weighted by Crippen LogP contribution is 2.29. The molecule has 2 rings (SSSR count). The van der Waals surface area contributed by atoms with Crippen molar-refractivity contribution < 1.29 is 4.52 Å². The van der Waals surface area contributed by atoms with Crippen molar-refractivity contribution in [1.29, 1.82) is 0 Å². The molecule has 0 spiro atoms. The molecule has 0 amide bonds. The van der Waals surface area contributed by atoms with Gasteiger partial charge in [-0.1, -0.05) is 23.7 Å². The molecular formula is C13H15BrClN3O. The summed E-state index contributed by atoms with van der Waals surface area (Å²) in [5.41, 5.74) is 6.77. The van der Waals surface area contributed by atoms with Crippen molar-refractivity contribution in [2.45, 2.75) is 32.2 Å². The average Bonchev–Trinajstić information content (AvgIpc) is 2.82. The molecular weight excluding hydrogens is 330 g/mol. The number of nitrogens with zero attached hydrogens (tertiary/aromatic N) is 2. The Labute approximate surface area is 125 Å². The number of hydrogen-bond acceptors (Lipinski definition) is 4. The first-order valence-electron chi connectivity index (χ1n) is 6.07. The number of rotatable bonds is 4. The van der Waals surface area contributed by atoms with Gasteiger partial charge < -0.3 is 10.3 Å². The van der Waals surface area contributed by atoms with Gasteiger partial charge in [-0.25, -0.2) is 0 Å². The number of halogens is 2. The largest absolute Gasteiger partial charge is 0.339 e. The highest BCUT2D eigenvalue weighted by molar-refractivity contribution is 9.10. The van der Waals surface area contributed by atoms with E-state index in [2.05, 4.69) is 33.0 Å². The zero-order chi connectivity index (χ0) is 14.0. The summed E-state index contributed by atoms with van der Waals surface area (Å²) in [4.78, 5) is 4.42. The van der Waals surface area contributed by atoms with Crippen LogP contribution in [-0.2, 0) is 0 Å². The second kappa shape index (κ2) is 6.03. The number of hydrogen-bond donors (Lipinski definition) is 1. The van der Waals surface area contributed by atoms with Crippen molar-refractivity contribution in [3.05, 3.63) is 33.6 Å². The minimum Gasteiger partial charge on any atom is -0.339 e. The van der Waals surface area contributed by atoms with Crippen LogP contribution in [0, 0.1) is 0 Å². The molecule has 0 saturated heterocycles. The van der Waals surface area contributed by atoms with Crippen molar-refractivity contribution in [1.82, 2.24) is 10.1 Å². The van der Waals surface area contributed by atoms with Gasteiger partial charge in [-0.3, -0.25) is 0 Å². The lowest BCUT2D eigenvalue weighted by molar-refractivity contribution is 0.334. The molecule has 1 aromatic heterocycles. The predicted octanol–water partition coefficient (Wildman–Crippen LogP) is 3.99. The van der Waals surface area contributed by atoms with E-state index in [0.717, 1.165) is 16.5 Å². The van der Waals surface area contributed by atoms with Crippen LogP contribution in [0.15, 0.2) is 27.2 Å². The zero-order valence-corrected chi connectivity index (χ0v) is 13.1. The molecule has 0 saturated carbocycles. The van der Waals surface area contributed by atoms with Gasteiger partial charge in [0, 0.05) is 16.1 Å². The minimum atomic E-state index is -0.0183. The summed E-state index contributed by atoms with van der Waals surface area (Å²) in [6.07, 6.45) is 0.865. The molecule has 0 aliphatic rings. The molecule has 1 heterocycles. The maximum absolute atomic E-state index is 5.96. The fourth-order valence-electron chi connectivity index (χ4n) is 1.91. The third kappa shape index (κ3) is 3.16. The van der Waals surface area contributed by atoms with Crippen LogP contribution in [-0.4, -0.2) is 16.2 Å². The summed E-state index contributed by atoms with van der Waals surface area (Å²) in [6.45, 7) is 3.99. The molecule has 0 aliphatic carbocycles. The third-order valence-corrected chi connectivity index (χ3v) is 4.23. The molecule has 2 aromatic rings. The lowest BCUT2D eigenvalue weighted by Gasteiger charge is -2.13. The lowest BCUT2D eigenvalue weighted by Crippen LogP contribution is -2.24. The molecule has 0 radical (unpaired) electrons. The SMILES string of the molecule is CCC(c1nc(-c2ccc(Cl)c(Br)c2)no1)C(C)N. The van der Waals surface area contributed by atoms with Crippen LogP contribution in [0.5, 0.6) is 0 Å². The molecule has 4 nitrogen and oxygen atoms in total. The summed E-state index contributed by atoms with van der Waals surface area (Å²) in [5, 5.41) is 4.65. The lowest BCUT2D eigenvalue weighted by atomic mass is 9.99. The molecule has 6 heteroatoms. The van der Waals surface area contributed by atoms with E-state index >= 15 is 0 Å². The summed E-state index contributed by atoms with van der Waals surface area (Å²) >= 11 is 9.34. The number of aromatic nitrogens is 2. The summed E-state index contributed by atoms with van der Waals surface area (Å²) in [5.74, 6) is 1.21. The van der Waals surface area contributed by atoms with Crippen LogP contribution < -0.4 is 5.73 Å². The van der Waals surface area contributed by atoms with E-state index in [9.17, 15) is 0 Å². The van der Waals surface area contributed by atoms with Crippen molar-refractivity contribution in [3.8, 4) is 11.4 Å². The van der Waals surface area contributed by atoms with Gasteiger partial charge in [0.1, 0.15) is 0 Å². The summed E-state index contributed by atoms with van der Waals surface area (Å²) in [7, 11) is 0. The summed E-state index contributed by atoms with van der Waals surface area (Å²) in [6, 6.07) is 5.49. The normalized spacial score (nSPS) is 14.4. The molecule has 19 heavy (non-hydrogen) atoms. The van der Waals surface area contributed by atoms with E-state index < -0.39 is 0 Å². The van der Waals surface area contributed by atoms with Gasteiger partial charge in [0.05, 0.1) is 10.9 Å². The first-order valence-corrected chi connectivity index (χ1v) is 7.24. The van der Waals surface area contributed by atoms with E-state index in [-0.39, 0.29) is 12.0 Å². The molecule has 0 aliphatic heterocycles. The molecule has 2 atom stereocenters. The first kappa shape index (κ1) is 14.5. The zero-order valence-electron chi connectivity index (χ0n) is 10.7. The van der Waals surface area contributed by atoms with Gasteiger partial charge in [-0.15, -0.1) is 0 Å².